The first-order chi connectivity index (χ1) is 12.7. The molecule has 3 aromatic heterocycles. The molecule has 26 heavy (non-hydrogen) atoms. The van der Waals surface area contributed by atoms with Crippen molar-refractivity contribution in [1.82, 2.24) is 20.8 Å². The molecular formula is C17H16N4O4S. The van der Waals surface area contributed by atoms with Crippen molar-refractivity contribution >= 4 is 23.2 Å². The number of aryl methyl sites for hydroxylation is 1. The number of carbonyl (C=O) groups excluding carboxylic acids is 2. The van der Waals surface area contributed by atoms with Gasteiger partial charge in [-0.15, -0.1) is 11.3 Å². The van der Waals surface area contributed by atoms with Crippen LogP contribution in [-0.2, 0) is 19.4 Å². The van der Waals surface area contributed by atoms with Gasteiger partial charge in [0.1, 0.15) is 17.2 Å². The number of fused-ring (bicyclic) bond motifs is 1. The van der Waals surface area contributed by atoms with Crippen LogP contribution in [0.2, 0.25) is 0 Å². The van der Waals surface area contributed by atoms with Gasteiger partial charge >= 0.3 is 0 Å². The molecule has 0 aromatic carbocycles. The zero-order valence-corrected chi connectivity index (χ0v) is 14.5. The predicted molar refractivity (Wildman–Crippen MR) is 91.8 cm³/mol. The topological polar surface area (TPSA) is 110 Å². The molecule has 4 rings (SSSR count). The van der Waals surface area contributed by atoms with E-state index in [0.29, 0.717) is 30.1 Å². The highest BCUT2D eigenvalue weighted by Gasteiger charge is 2.29. The third-order valence-corrected chi connectivity index (χ3v) is 4.84. The molecule has 0 fully saturated rings. The summed E-state index contributed by atoms with van der Waals surface area (Å²) in [6.45, 7) is 0.275. The molecule has 0 saturated carbocycles. The molecule has 2 N–H and O–H groups in total. The summed E-state index contributed by atoms with van der Waals surface area (Å²) in [4.78, 5) is 28.6. The van der Waals surface area contributed by atoms with E-state index in [9.17, 15) is 9.59 Å². The van der Waals surface area contributed by atoms with Gasteiger partial charge in [-0.3, -0.25) is 9.59 Å². The van der Waals surface area contributed by atoms with Gasteiger partial charge in [-0.05, 0) is 25.0 Å². The Balaban J connectivity index is 1.42. The maximum absolute atomic E-state index is 12.4. The van der Waals surface area contributed by atoms with E-state index in [-0.39, 0.29) is 30.1 Å². The first kappa shape index (κ1) is 16.5. The first-order valence-corrected chi connectivity index (χ1v) is 9.12. The zero-order chi connectivity index (χ0) is 17.9. The molecule has 0 radical (unpaired) electrons. The highest BCUT2D eigenvalue weighted by molar-refractivity contribution is 7.07. The second-order valence-corrected chi connectivity index (χ2v) is 6.70. The molecule has 1 aliphatic rings. The van der Waals surface area contributed by atoms with Crippen molar-refractivity contribution in [2.45, 2.75) is 31.8 Å². The minimum absolute atomic E-state index is 0.0901. The molecule has 0 bridgehead atoms. The number of amides is 2. The number of carbonyl (C=O) groups is 2. The molecule has 2 amide bonds. The highest BCUT2D eigenvalue weighted by atomic mass is 32.1. The molecule has 1 atom stereocenters. The van der Waals surface area contributed by atoms with Crippen LogP contribution in [-0.4, -0.2) is 28.0 Å². The fraction of sp³-hybridized carbons (Fsp3) is 0.294. The van der Waals surface area contributed by atoms with E-state index >= 15 is 0 Å². The normalized spacial score (nSPS) is 16.1. The van der Waals surface area contributed by atoms with Crippen molar-refractivity contribution in [3.8, 4) is 0 Å². The van der Waals surface area contributed by atoms with Crippen LogP contribution in [0.15, 0.2) is 38.2 Å². The smallest absolute Gasteiger partial charge is 0.274 e. The Labute approximate surface area is 152 Å². The molecule has 1 unspecified atom stereocenters. The van der Waals surface area contributed by atoms with E-state index in [1.54, 1.807) is 29.3 Å². The quantitative estimate of drug-likeness (QED) is 0.708. The minimum Gasteiger partial charge on any atom is -0.467 e. The van der Waals surface area contributed by atoms with Crippen LogP contribution in [0.1, 0.15) is 44.5 Å². The van der Waals surface area contributed by atoms with Gasteiger partial charge in [0.2, 0.25) is 0 Å². The molecule has 0 spiro atoms. The number of furan rings is 1. The number of thiazole rings is 1. The second-order valence-electron chi connectivity index (χ2n) is 5.98. The Bertz CT molecular complexity index is 902. The van der Waals surface area contributed by atoms with Gasteiger partial charge in [0.25, 0.3) is 11.8 Å². The summed E-state index contributed by atoms with van der Waals surface area (Å²) in [7, 11) is 0. The van der Waals surface area contributed by atoms with Crippen molar-refractivity contribution in [3.05, 3.63) is 57.8 Å². The molecule has 0 saturated heterocycles. The number of rotatable bonds is 5. The van der Waals surface area contributed by atoms with Crippen LogP contribution < -0.4 is 10.6 Å². The number of nitrogens with one attached hydrogen (secondary N) is 2. The van der Waals surface area contributed by atoms with Crippen LogP contribution in [0, 0.1) is 0 Å². The van der Waals surface area contributed by atoms with E-state index in [4.69, 9.17) is 8.94 Å². The van der Waals surface area contributed by atoms with Crippen LogP contribution in [0.25, 0.3) is 0 Å². The van der Waals surface area contributed by atoms with Crippen molar-refractivity contribution in [1.29, 1.82) is 0 Å². The van der Waals surface area contributed by atoms with Gasteiger partial charge in [0, 0.05) is 23.4 Å². The minimum atomic E-state index is -0.321. The SMILES string of the molecule is O=C(NC1CCc2onc(C(=O)NCc3ccco3)c2C1)c1cscn1. The van der Waals surface area contributed by atoms with Crippen molar-refractivity contribution in [3.63, 3.8) is 0 Å². The molecule has 8 nitrogen and oxygen atoms in total. The van der Waals surface area contributed by atoms with E-state index < -0.39 is 0 Å². The monoisotopic (exact) mass is 372 g/mol. The van der Waals surface area contributed by atoms with Crippen molar-refractivity contribution < 1.29 is 18.5 Å². The lowest BCUT2D eigenvalue weighted by atomic mass is 9.91. The standard InChI is InChI=1S/C17H16N4O4S/c22-16(13-8-26-9-19-13)20-10-3-4-14-12(6-10)15(21-25-14)17(23)18-7-11-2-1-5-24-11/h1-2,5,8-10H,3-4,6-7H2,(H,18,23)(H,20,22). The molecule has 3 heterocycles. The fourth-order valence-electron chi connectivity index (χ4n) is 2.95. The average Bonchev–Trinajstić information content (AvgIpc) is 3.40. The predicted octanol–water partition coefficient (Wildman–Crippen LogP) is 1.94. The molecule has 1 aliphatic carbocycles. The van der Waals surface area contributed by atoms with E-state index in [2.05, 4.69) is 20.8 Å². The Morgan fingerprint density at radius 1 is 1.35 bits per heavy atom. The number of hydrogen-bond acceptors (Lipinski definition) is 7. The number of nitrogens with zero attached hydrogens (tertiary/aromatic N) is 2. The first-order valence-electron chi connectivity index (χ1n) is 8.17. The van der Waals surface area contributed by atoms with Gasteiger partial charge in [-0.25, -0.2) is 4.98 Å². The summed E-state index contributed by atoms with van der Waals surface area (Å²) in [6.07, 6.45) is 3.40. The maximum atomic E-state index is 12.4. The third-order valence-electron chi connectivity index (χ3n) is 4.26. The number of aromatic nitrogens is 2. The lowest BCUT2D eigenvalue weighted by molar-refractivity contribution is 0.0927. The van der Waals surface area contributed by atoms with Crippen LogP contribution in [0.4, 0.5) is 0 Å². The van der Waals surface area contributed by atoms with Crippen LogP contribution in [0.5, 0.6) is 0 Å². The van der Waals surface area contributed by atoms with Gasteiger partial charge in [-0.2, -0.15) is 0 Å². The molecular weight excluding hydrogens is 356 g/mol. The van der Waals surface area contributed by atoms with Gasteiger partial charge in [0.15, 0.2) is 5.69 Å². The zero-order valence-electron chi connectivity index (χ0n) is 13.7. The number of hydrogen-bond donors (Lipinski definition) is 2. The lowest BCUT2D eigenvalue weighted by Gasteiger charge is -2.22. The summed E-state index contributed by atoms with van der Waals surface area (Å²) in [5.41, 5.74) is 3.04. The van der Waals surface area contributed by atoms with Crippen molar-refractivity contribution in [2.75, 3.05) is 0 Å². The van der Waals surface area contributed by atoms with E-state index in [1.165, 1.54) is 11.3 Å². The third kappa shape index (κ3) is 3.38. The Morgan fingerprint density at radius 3 is 3.04 bits per heavy atom. The van der Waals surface area contributed by atoms with Gasteiger partial charge < -0.3 is 19.6 Å². The lowest BCUT2D eigenvalue weighted by Crippen LogP contribution is -2.39. The Kier molecular flexibility index (Phi) is 4.53. The largest absolute Gasteiger partial charge is 0.467 e. The summed E-state index contributed by atoms with van der Waals surface area (Å²) in [5.74, 6) is 0.828. The van der Waals surface area contributed by atoms with Gasteiger partial charge in [0.05, 0.1) is 18.3 Å². The average molecular weight is 372 g/mol. The maximum Gasteiger partial charge on any atom is 0.274 e. The molecule has 0 aliphatic heterocycles. The van der Waals surface area contributed by atoms with Crippen molar-refractivity contribution in [2.24, 2.45) is 0 Å². The fourth-order valence-corrected chi connectivity index (χ4v) is 3.49. The summed E-state index contributed by atoms with van der Waals surface area (Å²) in [5, 5.41) is 11.4. The van der Waals surface area contributed by atoms with Gasteiger partial charge in [-0.1, -0.05) is 5.16 Å². The highest BCUT2D eigenvalue weighted by Crippen LogP contribution is 2.25. The Hall–Kier alpha value is -2.94. The Morgan fingerprint density at radius 2 is 2.27 bits per heavy atom. The summed E-state index contributed by atoms with van der Waals surface area (Å²) < 4.78 is 10.5. The summed E-state index contributed by atoms with van der Waals surface area (Å²) in [6, 6.07) is 3.45. The summed E-state index contributed by atoms with van der Waals surface area (Å²) >= 11 is 1.37. The molecule has 134 valence electrons. The van der Waals surface area contributed by atoms with Crippen LogP contribution in [0.3, 0.4) is 0 Å². The second kappa shape index (κ2) is 7.12. The van der Waals surface area contributed by atoms with E-state index in [0.717, 1.165) is 12.0 Å². The van der Waals surface area contributed by atoms with Crippen LogP contribution >= 0.6 is 11.3 Å². The van der Waals surface area contributed by atoms with E-state index in [1.807, 2.05) is 0 Å². The molecule has 9 heteroatoms. The molecule has 3 aromatic rings.